The fourth-order valence-electron chi connectivity index (χ4n) is 5.43. The minimum Gasteiger partial charge on any atom is -0.544 e. The number of aliphatic carboxylic acids is 1. The van der Waals surface area contributed by atoms with Gasteiger partial charge in [-0.1, -0.05) is 144 Å². The molecule has 2 unspecified atom stereocenters. The number of carbonyl (C=O) groups excluding carboxylic acids is 3. The van der Waals surface area contributed by atoms with Gasteiger partial charge < -0.3 is 28.6 Å². The lowest BCUT2D eigenvalue weighted by atomic mass is 10.1. The van der Waals surface area contributed by atoms with Crippen molar-refractivity contribution in [2.75, 3.05) is 41.0 Å². The number of likely N-dealkylation sites (N-methyl/N-ethyl adjacent to an activating group) is 1. The van der Waals surface area contributed by atoms with Gasteiger partial charge in [0.15, 0.2) is 6.10 Å². The van der Waals surface area contributed by atoms with Crippen LogP contribution in [0.5, 0.6) is 0 Å². The summed E-state index contributed by atoms with van der Waals surface area (Å²) >= 11 is 0. The van der Waals surface area contributed by atoms with Crippen LogP contribution in [-0.2, 0) is 28.6 Å². The topological polar surface area (TPSA) is 102 Å². The van der Waals surface area contributed by atoms with E-state index in [0.29, 0.717) is 6.42 Å². The number of rotatable bonds is 35. The van der Waals surface area contributed by atoms with Crippen LogP contribution in [0.3, 0.4) is 0 Å². The SMILES string of the molecule is CC/C=C/C/C=C/CCCCCCCC(=O)OCC(COCCC(C(=O)[O-])[N+](C)(C)C)OC(=O)CCCCCCC/C=C/C=C/C=C/C=C/C=C/CCC. The summed E-state index contributed by atoms with van der Waals surface area (Å²) in [7, 11) is 5.37. The fourth-order valence-corrected chi connectivity index (χ4v) is 5.43. The Hall–Kier alpha value is -3.49. The average molecular weight is 754 g/mol. The Balaban J connectivity index is 4.48. The Kier molecular flexibility index (Phi) is 34.1. The zero-order chi connectivity index (χ0) is 40.0. The maximum Gasteiger partial charge on any atom is 0.306 e. The van der Waals surface area contributed by atoms with E-state index in [1.807, 2.05) is 36.5 Å². The number of carboxylic acid groups (broad SMARTS) is 1. The maximum atomic E-state index is 12.7. The lowest BCUT2D eigenvalue weighted by molar-refractivity contribution is -0.889. The lowest BCUT2D eigenvalue weighted by Gasteiger charge is -2.34. The Morgan fingerprint density at radius 3 is 1.69 bits per heavy atom. The van der Waals surface area contributed by atoms with Crippen LogP contribution < -0.4 is 5.11 Å². The van der Waals surface area contributed by atoms with E-state index < -0.39 is 18.1 Å². The summed E-state index contributed by atoms with van der Waals surface area (Å²) in [6, 6.07) is -0.737. The zero-order valence-corrected chi connectivity index (χ0v) is 34.6. The molecule has 0 spiro atoms. The van der Waals surface area contributed by atoms with E-state index in [2.05, 4.69) is 62.5 Å². The van der Waals surface area contributed by atoms with Crippen molar-refractivity contribution in [1.29, 1.82) is 0 Å². The molecule has 0 heterocycles. The van der Waals surface area contributed by atoms with Gasteiger partial charge in [-0.05, 0) is 57.8 Å². The molecule has 8 heteroatoms. The second-order valence-corrected chi connectivity index (χ2v) is 14.6. The van der Waals surface area contributed by atoms with Gasteiger partial charge in [0.25, 0.3) is 0 Å². The van der Waals surface area contributed by atoms with E-state index in [9.17, 15) is 19.5 Å². The molecule has 0 saturated carbocycles. The Bertz CT molecular complexity index is 1160. The number of carboxylic acids is 1. The second kappa shape index (κ2) is 36.5. The van der Waals surface area contributed by atoms with Gasteiger partial charge in [-0.25, -0.2) is 0 Å². The average Bonchev–Trinajstić information content (AvgIpc) is 3.12. The van der Waals surface area contributed by atoms with E-state index in [1.165, 1.54) is 6.42 Å². The first-order valence-corrected chi connectivity index (χ1v) is 20.7. The first-order chi connectivity index (χ1) is 26.1. The largest absolute Gasteiger partial charge is 0.544 e. The summed E-state index contributed by atoms with van der Waals surface area (Å²) in [6.07, 6.45) is 46.0. The van der Waals surface area contributed by atoms with E-state index in [1.54, 1.807) is 21.1 Å². The van der Waals surface area contributed by atoms with Gasteiger partial charge >= 0.3 is 11.9 Å². The number of esters is 2. The summed E-state index contributed by atoms with van der Waals surface area (Å²) in [6.45, 7) is 4.39. The molecule has 0 fully saturated rings. The third kappa shape index (κ3) is 34.3. The Labute approximate surface area is 329 Å². The zero-order valence-electron chi connectivity index (χ0n) is 34.6. The first-order valence-electron chi connectivity index (χ1n) is 20.7. The van der Waals surface area contributed by atoms with Gasteiger partial charge in [-0.3, -0.25) is 9.59 Å². The van der Waals surface area contributed by atoms with E-state index >= 15 is 0 Å². The predicted molar refractivity (Wildman–Crippen MR) is 222 cm³/mol. The van der Waals surface area contributed by atoms with Crippen molar-refractivity contribution >= 4 is 17.9 Å². The van der Waals surface area contributed by atoms with Crippen molar-refractivity contribution in [2.45, 2.75) is 148 Å². The Morgan fingerprint density at radius 2 is 1.11 bits per heavy atom. The summed E-state index contributed by atoms with van der Waals surface area (Å²) in [5.41, 5.74) is 0. The first kappa shape index (κ1) is 50.5. The van der Waals surface area contributed by atoms with Crippen LogP contribution in [0.2, 0.25) is 0 Å². The summed E-state index contributed by atoms with van der Waals surface area (Å²) < 4.78 is 17.1. The lowest BCUT2D eigenvalue weighted by Crippen LogP contribution is -2.55. The molecule has 2 atom stereocenters. The van der Waals surface area contributed by atoms with E-state index in [0.717, 1.165) is 96.3 Å². The van der Waals surface area contributed by atoms with Crippen LogP contribution in [0.15, 0.2) is 85.1 Å². The molecule has 0 rings (SSSR count). The molecule has 0 aromatic heterocycles. The van der Waals surface area contributed by atoms with Gasteiger partial charge in [0.1, 0.15) is 12.6 Å². The second-order valence-electron chi connectivity index (χ2n) is 14.6. The molecule has 0 amide bonds. The molecule has 0 aliphatic heterocycles. The van der Waals surface area contributed by atoms with Crippen LogP contribution in [-0.4, -0.2) is 75.5 Å². The molecule has 0 aromatic rings. The predicted octanol–water partition coefficient (Wildman–Crippen LogP) is 9.63. The van der Waals surface area contributed by atoms with Crippen LogP contribution in [0, 0.1) is 0 Å². The number of allylic oxidation sites excluding steroid dienone is 14. The van der Waals surface area contributed by atoms with E-state index in [-0.39, 0.29) is 49.1 Å². The van der Waals surface area contributed by atoms with Crippen molar-refractivity contribution in [3.05, 3.63) is 85.1 Å². The van der Waals surface area contributed by atoms with Crippen molar-refractivity contribution in [1.82, 2.24) is 0 Å². The number of nitrogens with zero attached hydrogens (tertiary/aromatic N) is 1. The molecule has 0 aliphatic rings. The van der Waals surface area contributed by atoms with Crippen molar-refractivity contribution in [3.63, 3.8) is 0 Å². The highest BCUT2D eigenvalue weighted by Gasteiger charge is 2.25. The third-order valence-corrected chi connectivity index (χ3v) is 8.62. The quantitative estimate of drug-likeness (QED) is 0.0209. The highest BCUT2D eigenvalue weighted by atomic mass is 16.6. The standard InChI is InChI=1S/C46H75NO7/c1-6-8-10-12-14-16-18-20-21-22-23-24-25-27-29-31-33-35-37-45(49)54-42(40-52-39-38-43(46(50)51)47(3,4)5)41-53-44(48)36-34-32-30-28-26-19-17-15-13-11-9-7-2/h9-12,14-18,20-24,42-43H,6-8,13,19,25-41H2,1-5H3/b11-9+,12-10+,16-14+,17-15+,20-18+,22-21+,24-23+. The number of unbranched alkanes of at least 4 members (excludes halogenated alkanes) is 11. The van der Waals surface area contributed by atoms with Crippen LogP contribution in [0.1, 0.15) is 136 Å². The molecule has 0 aliphatic carbocycles. The number of quaternary nitrogens is 1. The van der Waals surface area contributed by atoms with Crippen LogP contribution in [0.25, 0.3) is 0 Å². The molecule has 0 bridgehead atoms. The van der Waals surface area contributed by atoms with Crippen LogP contribution >= 0.6 is 0 Å². The van der Waals surface area contributed by atoms with Gasteiger partial charge in [0.05, 0.1) is 40.3 Å². The van der Waals surface area contributed by atoms with Crippen molar-refractivity contribution < 1.29 is 38.2 Å². The van der Waals surface area contributed by atoms with Crippen molar-refractivity contribution in [2.24, 2.45) is 0 Å². The molecule has 0 N–H and O–H groups in total. The molecular weight excluding hydrogens is 679 g/mol. The fraction of sp³-hybridized carbons (Fsp3) is 0.630. The molecule has 306 valence electrons. The maximum absolute atomic E-state index is 12.7. The van der Waals surface area contributed by atoms with Gasteiger partial charge in [-0.15, -0.1) is 0 Å². The number of hydrogen-bond acceptors (Lipinski definition) is 7. The normalized spacial score (nSPS) is 13.9. The Morgan fingerprint density at radius 1 is 0.593 bits per heavy atom. The highest BCUT2D eigenvalue weighted by molar-refractivity contribution is 5.70. The van der Waals surface area contributed by atoms with Gasteiger partial charge in [0.2, 0.25) is 0 Å². The monoisotopic (exact) mass is 754 g/mol. The van der Waals surface area contributed by atoms with Gasteiger partial charge in [0, 0.05) is 19.3 Å². The van der Waals surface area contributed by atoms with E-state index in [4.69, 9.17) is 14.2 Å². The summed E-state index contributed by atoms with van der Waals surface area (Å²) in [5.74, 6) is -1.80. The number of ether oxygens (including phenoxy) is 3. The van der Waals surface area contributed by atoms with Crippen LogP contribution in [0.4, 0.5) is 0 Å². The summed E-state index contributed by atoms with van der Waals surface area (Å²) in [4.78, 5) is 36.8. The third-order valence-electron chi connectivity index (χ3n) is 8.62. The molecule has 0 aromatic carbocycles. The molecular formula is C46H75NO7. The molecule has 0 radical (unpaired) electrons. The molecule has 8 nitrogen and oxygen atoms in total. The molecule has 0 saturated heterocycles. The smallest absolute Gasteiger partial charge is 0.306 e. The minimum atomic E-state index is -1.14. The van der Waals surface area contributed by atoms with Gasteiger partial charge in [-0.2, -0.15) is 0 Å². The summed E-state index contributed by atoms with van der Waals surface area (Å²) in [5, 5.41) is 11.6. The number of hydrogen-bond donors (Lipinski definition) is 0. The number of carbonyl (C=O) groups is 3. The molecule has 54 heavy (non-hydrogen) atoms. The van der Waals surface area contributed by atoms with Crippen molar-refractivity contribution in [3.8, 4) is 0 Å². The highest BCUT2D eigenvalue weighted by Crippen LogP contribution is 2.12. The minimum absolute atomic E-state index is 0.0199.